The Morgan fingerprint density at radius 1 is 0.766 bits per heavy atom. The van der Waals surface area contributed by atoms with E-state index in [0.717, 1.165) is 16.3 Å². The molecule has 0 spiro atoms. The van der Waals surface area contributed by atoms with Crippen LogP contribution in [0.4, 0.5) is 11.4 Å². The molecule has 2 heterocycles. The van der Waals surface area contributed by atoms with Gasteiger partial charge in [0.15, 0.2) is 5.78 Å². The summed E-state index contributed by atoms with van der Waals surface area (Å²) < 4.78 is 0. The van der Waals surface area contributed by atoms with Gasteiger partial charge in [0.2, 0.25) is 23.6 Å². The van der Waals surface area contributed by atoms with Crippen LogP contribution in [0, 0.1) is 29.1 Å². The molecule has 0 aromatic heterocycles. The van der Waals surface area contributed by atoms with Crippen LogP contribution in [-0.4, -0.2) is 34.5 Å². The summed E-state index contributed by atoms with van der Waals surface area (Å²) in [6.07, 6.45) is 2.49. The van der Waals surface area contributed by atoms with E-state index in [1.165, 1.54) is 16.7 Å². The highest BCUT2D eigenvalue weighted by Gasteiger charge is 2.68. The number of benzene rings is 4. The van der Waals surface area contributed by atoms with Gasteiger partial charge < -0.3 is 5.11 Å². The number of amides is 4. The number of ketones is 1. The molecule has 0 radical (unpaired) electrons. The van der Waals surface area contributed by atoms with Crippen molar-refractivity contribution in [2.75, 3.05) is 9.80 Å². The van der Waals surface area contributed by atoms with E-state index < -0.39 is 35.0 Å². The van der Waals surface area contributed by atoms with Gasteiger partial charge in [-0.3, -0.25) is 28.9 Å². The van der Waals surface area contributed by atoms with Gasteiger partial charge in [-0.05, 0) is 85.8 Å². The van der Waals surface area contributed by atoms with Crippen LogP contribution in [0.1, 0.15) is 48.5 Å². The maximum Gasteiger partial charge on any atom is 0.241 e. The third-order valence-electron chi connectivity index (χ3n) is 11.1. The number of anilines is 2. The van der Waals surface area contributed by atoms with Crippen LogP contribution in [0.5, 0.6) is 5.75 Å². The van der Waals surface area contributed by atoms with E-state index in [4.69, 9.17) is 0 Å². The molecule has 0 bridgehead atoms. The highest BCUT2D eigenvalue weighted by atomic mass is 16.3. The molecule has 2 aliphatic heterocycles. The van der Waals surface area contributed by atoms with Crippen LogP contribution in [0.25, 0.3) is 10.8 Å². The number of para-hydroxylation sites is 1. The van der Waals surface area contributed by atoms with E-state index in [-0.39, 0.29) is 48.0 Å². The summed E-state index contributed by atoms with van der Waals surface area (Å²) in [5.74, 6) is -4.89. The van der Waals surface area contributed by atoms with Gasteiger partial charge in [-0.2, -0.15) is 0 Å². The molecular formula is C39H32N2O6. The fourth-order valence-electron chi connectivity index (χ4n) is 8.83. The first kappa shape index (κ1) is 29.1. The number of hydrogen-bond donors (Lipinski definition) is 1. The predicted molar refractivity (Wildman–Crippen MR) is 176 cm³/mol. The van der Waals surface area contributed by atoms with Crippen LogP contribution in [-0.2, 0) is 19.2 Å². The Morgan fingerprint density at radius 3 is 2.17 bits per heavy atom. The molecule has 8 nitrogen and oxygen atoms in total. The number of carbonyl (C=O) groups excluding carboxylic acids is 5. The number of rotatable bonds is 4. The number of allylic oxidation sites excluding steroid dienone is 2. The molecule has 47 heavy (non-hydrogen) atoms. The Bertz CT molecular complexity index is 2070. The van der Waals surface area contributed by atoms with Crippen LogP contribution in [0.15, 0.2) is 103 Å². The molecule has 1 saturated carbocycles. The first-order chi connectivity index (χ1) is 22.6. The standard InChI is InChI=1S/C39H32N2O6/c1-21(42)22-12-15-25(16-13-22)40-35(44)28-18-17-27-29(32(28)37(40)46)20-30-36(45)41(24-9-4-3-5-10-24)38(47)39(30,2)34(27)33-26-11-7-6-8-23(26)14-19-31(33)43/h3-17,19,28-30,32,34,43H,18,20H2,1-2H3/t28-,29+,30-,32-,34+,39+/m0/s1. The zero-order valence-electron chi connectivity index (χ0n) is 25.9. The maximum atomic E-state index is 14.7. The summed E-state index contributed by atoms with van der Waals surface area (Å²) >= 11 is 0. The van der Waals surface area contributed by atoms with E-state index in [1.54, 1.807) is 54.6 Å². The summed E-state index contributed by atoms with van der Waals surface area (Å²) in [4.78, 5) is 71.7. The Kier molecular flexibility index (Phi) is 6.38. The van der Waals surface area contributed by atoms with Crippen LogP contribution in [0.3, 0.4) is 0 Å². The van der Waals surface area contributed by atoms with Gasteiger partial charge >= 0.3 is 0 Å². The number of phenolic OH excluding ortho intramolecular Hbond substituents is 1. The summed E-state index contributed by atoms with van der Waals surface area (Å²) in [5, 5.41) is 13.2. The summed E-state index contributed by atoms with van der Waals surface area (Å²) in [5.41, 5.74) is 1.44. The van der Waals surface area contributed by atoms with Crippen molar-refractivity contribution in [3.05, 3.63) is 114 Å². The smallest absolute Gasteiger partial charge is 0.241 e. The first-order valence-corrected chi connectivity index (χ1v) is 16.0. The lowest BCUT2D eigenvalue weighted by Crippen LogP contribution is -2.49. The summed E-state index contributed by atoms with van der Waals surface area (Å²) in [7, 11) is 0. The Labute approximate surface area is 271 Å². The summed E-state index contributed by atoms with van der Waals surface area (Å²) in [6, 6.07) is 26.4. The van der Waals surface area contributed by atoms with Crippen molar-refractivity contribution in [3.8, 4) is 5.75 Å². The van der Waals surface area contributed by atoms with Crippen molar-refractivity contribution < 1.29 is 29.1 Å². The van der Waals surface area contributed by atoms with Crippen molar-refractivity contribution in [2.45, 2.75) is 32.6 Å². The minimum Gasteiger partial charge on any atom is -0.508 e. The van der Waals surface area contributed by atoms with E-state index in [9.17, 15) is 29.1 Å². The topological polar surface area (TPSA) is 112 Å². The second-order valence-corrected chi connectivity index (χ2v) is 13.3. The molecule has 4 aromatic rings. The third-order valence-corrected chi connectivity index (χ3v) is 11.1. The molecule has 2 saturated heterocycles. The molecule has 4 aliphatic rings. The van der Waals surface area contributed by atoms with Crippen LogP contribution >= 0.6 is 0 Å². The molecule has 6 atom stereocenters. The largest absolute Gasteiger partial charge is 0.508 e. The summed E-state index contributed by atoms with van der Waals surface area (Å²) in [6.45, 7) is 3.28. The normalized spacial score (nSPS) is 28.3. The van der Waals surface area contributed by atoms with Crippen molar-refractivity contribution in [1.82, 2.24) is 0 Å². The maximum absolute atomic E-state index is 14.7. The molecule has 8 heteroatoms. The number of fused-ring (bicyclic) bond motifs is 5. The van der Waals surface area contributed by atoms with Gasteiger partial charge in [0, 0.05) is 17.0 Å². The number of phenols is 1. The Hall–Kier alpha value is -5.37. The molecule has 4 amide bonds. The minimum absolute atomic E-state index is 0.0109. The fourth-order valence-corrected chi connectivity index (χ4v) is 8.83. The number of nitrogens with zero attached hydrogens (tertiary/aromatic N) is 2. The van der Waals surface area contributed by atoms with Crippen molar-refractivity contribution in [2.24, 2.45) is 29.1 Å². The average Bonchev–Trinajstić information content (AvgIpc) is 3.45. The SMILES string of the molecule is CC(=O)c1ccc(N2C(=O)[C@H]3[C@H](CC=C4[C@H]3C[C@H]3C(=O)N(c5ccccc5)C(=O)[C@@]3(C)[C@H]4c3c(O)ccc4ccccc34)C2=O)cc1. The molecule has 3 fully saturated rings. The second-order valence-electron chi connectivity index (χ2n) is 13.3. The second kappa shape index (κ2) is 10.3. The van der Waals surface area contributed by atoms with E-state index in [2.05, 4.69) is 0 Å². The lowest BCUT2D eigenvalue weighted by atomic mass is 9.51. The van der Waals surface area contributed by atoms with Gasteiger partial charge in [0.1, 0.15) is 5.75 Å². The predicted octanol–water partition coefficient (Wildman–Crippen LogP) is 6.18. The van der Waals surface area contributed by atoms with Gasteiger partial charge in [-0.15, -0.1) is 0 Å². The van der Waals surface area contributed by atoms with Gasteiger partial charge in [-0.25, -0.2) is 4.90 Å². The molecule has 4 aromatic carbocycles. The quantitative estimate of drug-likeness (QED) is 0.165. The number of imide groups is 2. The van der Waals surface area contributed by atoms with Crippen molar-refractivity contribution in [1.29, 1.82) is 0 Å². The molecule has 2 aliphatic carbocycles. The third kappa shape index (κ3) is 3.97. The van der Waals surface area contributed by atoms with Crippen molar-refractivity contribution in [3.63, 3.8) is 0 Å². The first-order valence-electron chi connectivity index (χ1n) is 16.0. The highest BCUT2D eigenvalue weighted by molar-refractivity contribution is 6.25. The zero-order valence-corrected chi connectivity index (χ0v) is 25.9. The number of aromatic hydroxyl groups is 1. The fraction of sp³-hybridized carbons (Fsp3) is 0.256. The van der Waals surface area contributed by atoms with E-state index in [1.807, 2.05) is 49.4 Å². The average molecular weight is 625 g/mol. The van der Waals surface area contributed by atoms with Crippen molar-refractivity contribution >= 4 is 51.6 Å². The molecule has 234 valence electrons. The Balaban J connectivity index is 1.30. The molecule has 8 rings (SSSR count). The van der Waals surface area contributed by atoms with Crippen LogP contribution < -0.4 is 9.80 Å². The minimum atomic E-state index is -1.27. The number of hydrogen-bond acceptors (Lipinski definition) is 6. The number of carbonyl (C=O) groups is 5. The lowest BCUT2D eigenvalue weighted by molar-refractivity contribution is -0.131. The molecule has 0 unspecified atom stereocenters. The van der Waals surface area contributed by atoms with Crippen LogP contribution in [0.2, 0.25) is 0 Å². The lowest BCUT2D eigenvalue weighted by Gasteiger charge is -2.49. The molecular weight excluding hydrogens is 592 g/mol. The highest BCUT2D eigenvalue weighted by Crippen LogP contribution is 2.65. The van der Waals surface area contributed by atoms with E-state index in [0.29, 0.717) is 22.5 Å². The zero-order chi connectivity index (χ0) is 32.8. The van der Waals surface area contributed by atoms with Gasteiger partial charge in [0.25, 0.3) is 0 Å². The van der Waals surface area contributed by atoms with E-state index >= 15 is 0 Å². The van der Waals surface area contributed by atoms with Gasteiger partial charge in [0.05, 0.1) is 34.5 Å². The number of Topliss-reactive ketones (excluding diaryl/α,β-unsaturated/α-hetero) is 1. The monoisotopic (exact) mass is 624 g/mol. The Morgan fingerprint density at radius 2 is 1.45 bits per heavy atom. The molecule has 1 N–H and O–H groups in total. The van der Waals surface area contributed by atoms with Gasteiger partial charge in [-0.1, -0.05) is 60.2 Å².